The Morgan fingerprint density at radius 3 is 2.27 bits per heavy atom. The van der Waals surface area contributed by atoms with E-state index in [1.54, 1.807) is 12.1 Å². The van der Waals surface area contributed by atoms with Gasteiger partial charge in [0.25, 0.3) is 0 Å². The van der Waals surface area contributed by atoms with Crippen molar-refractivity contribution >= 4 is 11.4 Å². The van der Waals surface area contributed by atoms with Crippen LogP contribution in [0.25, 0.3) is 16.7 Å². The molecule has 2 aliphatic rings. The molecule has 1 N–H and O–H groups in total. The summed E-state index contributed by atoms with van der Waals surface area (Å²) < 4.78 is 19.6. The van der Waals surface area contributed by atoms with Crippen LogP contribution >= 0.6 is 0 Å². The molecule has 158 valence electrons. The molecule has 0 bridgehead atoms. The zero-order valence-electron chi connectivity index (χ0n) is 17.9. The number of carbonyl (C=O) groups excluding carboxylic acids is 1. The first-order valence-corrected chi connectivity index (χ1v) is 10.9. The van der Waals surface area contributed by atoms with E-state index < -0.39 is 11.2 Å². The van der Waals surface area contributed by atoms with Crippen molar-refractivity contribution in [3.8, 4) is 11.1 Å². The van der Waals surface area contributed by atoms with Gasteiger partial charge in [0.15, 0.2) is 5.78 Å². The largest absolute Gasteiger partial charge is 0.508 e. The SMILES string of the molecule is CCc1cc(-c2ccc(F)cc2)ccc1C1=C(O)C(C)(C)OC2(CCCCC2)C1=O. The van der Waals surface area contributed by atoms with Crippen molar-refractivity contribution in [2.24, 2.45) is 0 Å². The van der Waals surface area contributed by atoms with Gasteiger partial charge in [-0.25, -0.2) is 4.39 Å². The normalized spacial score (nSPS) is 20.6. The first-order chi connectivity index (χ1) is 14.3. The molecule has 0 amide bonds. The minimum atomic E-state index is -0.915. The first-order valence-electron chi connectivity index (χ1n) is 10.9. The first kappa shape index (κ1) is 20.8. The third-order valence-electron chi connectivity index (χ3n) is 6.49. The van der Waals surface area contributed by atoms with E-state index in [0.717, 1.165) is 41.5 Å². The number of hydrogen-bond acceptors (Lipinski definition) is 3. The van der Waals surface area contributed by atoms with E-state index in [9.17, 15) is 14.3 Å². The lowest BCUT2D eigenvalue weighted by molar-refractivity contribution is -0.174. The molecule has 0 aromatic heterocycles. The van der Waals surface area contributed by atoms with Crippen LogP contribution in [0.4, 0.5) is 4.39 Å². The number of Topliss-reactive ketones (excluding diaryl/α,β-unsaturated/α-hetero) is 1. The van der Waals surface area contributed by atoms with Gasteiger partial charge in [0.2, 0.25) is 0 Å². The Balaban J connectivity index is 1.83. The van der Waals surface area contributed by atoms with Gasteiger partial charge in [0, 0.05) is 0 Å². The molecule has 2 aromatic carbocycles. The molecule has 30 heavy (non-hydrogen) atoms. The number of aryl methyl sites for hydroxylation is 1. The smallest absolute Gasteiger partial charge is 0.198 e. The zero-order valence-corrected chi connectivity index (χ0v) is 17.9. The lowest BCUT2D eigenvalue weighted by Gasteiger charge is -2.46. The highest BCUT2D eigenvalue weighted by Crippen LogP contribution is 2.47. The van der Waals surface area contributed by atoms with Crippen molar-refractivity contribution in [1.82, 2.24) is 0 Å². The predicted octanol–water partition coefficient (Wildman–Crippen LogP) is 6.41. The number of hydrogen-bond donors (Lipinski definition) is 1. The van der Waals surface area contributed by atoms with E-state index in [2.05, 4.69) is 0 Å². The van der Waals surface area contributed by atoms with Crippen LogP contribution in [0.2, 0.25) is 0 Å². The summed E-state index contributed by atoms with van der Waals surface area (Å²) in [6, 6.07) is 12.3. The van der Waals surface area contributed by atoms with Crippen LogP contribution < -0.4 is 0 Å². The highest BCUT2D eigenvalue weighted by Gasteiger charge is 2.52. The third kappa shape index (κ3) is 3.47. The van der Waals surface area contributed by atoms with E-state index in [4.69, 9.17) is 4.74 Å². The molecular formula is C26H29FO3. The topological polar surface area (TPSA) is 46.5 Å². The highest BCUT2D eigenvalue weighted by atomic mass is 19.1. The number of rotatable bonds is 3. The third-order valence-corrected chi connectivity index (χ3v) is 6.49. The van der Waals surface area contributed by atoms with Gasteiger partial charge >= 0.3 is 0 Å². The van der Waals surface area contributed by atoms with E-state index in [1.165, 1.54) is 12.1 Å². The van der Waals surface area contributed by atoms with Gasteiger partial charge in [-0.15, -0.1) is 0 Å². The van der Waals surface area contributed by atoms with Crippen LogP contribution in [0, 0.1) is 5.82 Å². The van der Waals surface area contributed by atoms with Gasteiger partial charge < -0.3 is 9.84 Å². The molecule has 0 radical (unpaired) electrons. The molecular weight excluding hydrogens is 379 g/mol. The minimum Gasteiger partial charge on any atom is -0.508 e. The maximum Gasteiger partial charge on any atom is 0.198 e. The van der Waals surface area contributed by atoms with Crippen molar-refractivity contribution in [3.63, 3.8) is 0 Å². The summed E-state index contributed by atoms with van der Waals surface area (Å²) in [6.07, 6.45) is 5.13. The second-order valence-electron chi connectivity index (χ2n) is 8.95. The average molecular weight is 409 g/mol. The lowest BCUT2D eigenvalue weighted by Crippen LogP contribution is -2.54. The quantitative estimate of drug-likeness (QED) is 0.639. The van der Waals surface area contributed by atoms with Crippen LogP contribution in [-0.4, -0.2) is 22.1 Å². The van der Waals surface area contributed by atoms with Crippen molar-refractivity contribution in [3.05, 3.63) is 65.2 Å². The van der Waals surface area contributed by atoms with Crippen LogP contribution in [0.15, 0.2) is 48.2 Å². The zero-order chi connectivity index (χ0) is 21.5. The Morgan fingerprint density at radius 2 is 1.63 bits per heavy atom. The Labute approximate surface area is 177 Å². The molecule has 0 atom stereocenters. The molecule has 0 saturated heterocycles. The number of ether oxygens (including phenoxy) is 1. The molecule has 1 aliphatic carbocycles. The van der Waals surface area contributed by atoms with Crippen molar-refractivity contribution < 1.29 is 19.0 Å². The number of benzene rings is 2. The van der Waals surface area contributed by atoms with E-state index in [-0.39, 0.29) is 17.4 Å². The summed E-state index contributed by atoms with van der Waals surface area (Å²) in [4.78, 5) is 13.7. The summed E-state index contributed by atoms with van der Waals surface area (Å²) in [5, 5.41) is 11.1. The fourth-order valence-electron chi connectivity index (χ4n) is 4.87. The van der Waals surface area contributed by atoms with Gasteiger partial charge in [-0.2, -0.15) is 0 Å². The number of aliphatic hydroxyl groups is 1. The molecule has 4 heteroatoms. The molecule has 2 aromatic rings. The Bertz CT molecular complexity index is 995. The predicted molar refractivity (Wildman–Crippen MR) is 117 cm³/mol. The number of halogens is 1. The molecule has 1 fully saturated rings. The highest BCUT2D eigenvalue weighted by molar-refractivity contribution is 6.26. The lowest BCUT2D eigenvalue weighted by atomic mass is 9.73. The summed E-state index contributed by atoms with van der Waals surface area (Å²) in [5.74, 6) is -0.356. The molecule has 1 aliphatic heterocycles. The van der Waals surface area contributed by atoms with Crippen LogP contribution in [0.3, 0.4) is 0 Å². The monoisotopic (exact) mass is 408 g/mol. The Kier molecular flexibility index (Phi) is 5.31. The van der Waals surface area contributed by atoms with Crippen LogP contribution in [-0.2, 0) is 16.0 Å². The second kappa shape index (κ2) is 7.66. The molecule has 3 nitrogen and oxygen atoms in total. The van der Waals surface area contributed by atoms with E-state index in [0.29, 0.717) is 24.8 Å². The maximum absolute atomic E-state index is 13.7. The van der Waals surface area contributed by atoms with Gasteiger partial charge in [0.1, 0.15) is 22.8 Å². The molecule has 1 heterocycles. The summed E-state index contributed by atoms with van der Waals surface area (Å²) in [6.45, 7) is 5.71. The Morgan fingerprint density at radius 1 is 1.00 bits per heavy atom. The summed E-state index contributed by atoms with van der Waals surface area (Å²) in [7, 11) is 0. The summed E-state index contributed by atoms with van der Waals surface area (Å²) >= 11 is 0. The average Bonchev–Trinajstić information content (AvgIpc) is 2.74. The van der Waals surface area contributed by atoms with Crippen molar-refractivity contribution in [2.75, 3.05) is 0 Å². The fourth-order valence-corrected chi connectivity index (χ4v) is 4.87. The minimum absolute atomic E-state index is 0.00734. The fraction of sp³-hybridized carbons (Fsp3) is 0.423. The van der Waals surface area contributed by atoms with Gasteiger partial charge in [-0.05, 0) is 67.5 Å². The van der Waals surface area contributed by atoms with Crippen LogP contribution in [0.5, 0.6) is 0 Å². The molecule has 0 unspecified atom stereocenters. The maximum atomic E-state index is 13.7. The van der Waals surface area contributed by atoms with E-state index >= 15 is 0 Å². The number of carbonyl (C=O) groups is 1. The molecule has 4 rings (SSSR count). The van der Waals surface area contributed by atoms with E-state index in [1.807, 2.05) is 39.0 Å². The van der Waals surface area contributed by atoms with Gasteiger partial charge in [-0.3, -0.25) is 4.79 Å². The standard InChI is InChI=1S/C26H29FO3/c1-4-17-16-19(18-8-11-20(27)12-9-18)10-13-21(17)22-23(28)25(2,3)30-26(24(22)29)14-6-5-7-15-26/h8-13,16,28H,4-7,14-15H2,1-3H3. The van der Waals surface area contributed by atoms with Crippen LogP contribution in [0.1, 0.15) is 64.0 Å². The van der Waals surface area contributed by atoms with Gasteiger partial charge in [0.05, 0.1) is 5.57 Å². The summed E-state index contributed by atoms with van der Waals surface area (Å²) in [5.41, 5.74) is 2.27. The number of aliphatic hydroxyl groups excluding tert-OH is 1. The molecule has 1 saturated carbocycles. The van der Waals surface area contributed by atoms with Crippen molar-refractivity contribution in [2.45, 2.75) is 70.5 Å². The van der Waals surface area contributed by atoms with Crippen molar-refractivity contribution in [1.29, 1.82) is 0 Å². The second-order valence-corrected chi connectivity index (χ2v) is 8.95. The Hall–Kier alpha value is -2.46. The molecule has 1 spiro atoms. The van der Waals surface area contributed by atoms with Gasteiger partial charge in [-0.1, -0.05) is 56.5 Å². The number of ketones is 1.